The van der Waals surface area contributed by atoms with Crippen LogP contribution in [0.25, 0.3) is 0 Å². The molecule has 1 aromatic carbocycles. The topological polar surface area (TPSA) is 75.4 Å². The van der Waals surface area contributed by atoms with Gasteiger partial charge in [0.15, 0.2) is 0 Å². The van der Waals surface area contributed by atoms with Crippen LogP contribution in [0.15, 0.2) is 42.6 Å². The molecule has 25 heavy (non-hydrogen) atoms. The molecule has 0 unspecified atom stereocenters. The second kappa shape index (κ2) is 7.67. The number of hydrogen-bond donors (Lipinski definition) is 0. The molecule has 128 valence electrons. The lowest BCUT2D eigenvalue weighted by molar-refractivity contribution is 0.0527. The number of nitrogens with zero attached hydrogens (tertiary/aromatic N) is 3. The molecule has 0 aliphatic carbocycles. The van der Waals surface area contributed by atoms with Crippen LogP contribution in [-0.4, -0.2) is 42.1 Å². The van der Waals surface area contributed by atoms with Gasteiger partial charge in [0, 0.05) is 24.4 Å². The minimum Gasteiger partial charge on any atom is -0.497 e. The Morgan fingerprint density at radius 2 is 2.24 bits per heavy atom. The third kappa shape index (κ3) is 4.07. The summed E-state index contributed by atoms with van der Waals surface area (Å²) in [5, 5.41) is 8.96. The number of piperidine rings is 1. The molecule has 1 atom stereocenters. The maximum absolute atomic E-state index is 12.7. The van der Waals surface area contributed by atoms with E-state index in [2.05, 4.69) is 11.1 Å². The number of aromatic nitrogens is 1. The molecule has 0 N–H and O–H groups in total. The molecule has 1 aliphatic heterocycles. The Balaban J connectivity index is 1.68. The van der Waals surface area contributed by atoms with Crippen molar-refractivity contribution < 1.29 is 14.3 Å². The number of rotatable bonds is 4. The highest BCUT2D eigenvalue weighted by atomic mass is 16.5. The van der Waals surface area contributed by atoms with Gasteiger partial charge in [0.25, 0.3) is 5.91 Å². The van der Waals surface area contributed by atoms with E-state index in [1.807, 2.05) is 6.07 Å². The van der Waals surface area contributed by atoms with Crippen LogP contribution >= 0.6 is 0 Å². The maximum Gasteiger partial charge on any atom is 0.254 e. The fraction of sp³-hybridized carbons (Fsp3) is 0.316. The number of nitriles is 1. The molecule has 1 amide bonds. The zero-order valence-corrected chi connectivity index (χ0v) is 14.0. The van der Waals surface area contributed by atoms with Crippen molar-refractivity contribution in [2.75, 3.05) is 20.2 Å². The lowest BCUT2D eigenvalue weighted by Gasteiger charge is -2.32. The highest BCUT2D eigenvalue weighted by molar-refractivity contribution is 5.94. The molecule has 1 saturated heterocycles. The van der Waals surface area contributed by atoms with Crippen molar-refractivity contribution in [2.24, 2.45) is 0 Å². The molecule has 1 fully saturated rings. The van der Waals surface area contributed by atoms with Crippen molar-refractivity contribution in [3.8, 4) is 17.7 Å². The first-order valence-electron chi connectivity index (χ1n) is 8.16. The fourth-order valence-electron chi connectivity index (χ4n) is 2.87. The predicted octanol–water partition coefficient (Wildman–Crippen LogP) is 2.65. The highest BCUT2D eigenvalue weighted by Crippen LogP contribution is 2.20. The van der Waals surface area contributed by atoms with Gasteiger partial charge in [-0.05, 0) is 37.1 Å². The molecular formula is C19H19N3O3. The average molecular weight is 337 g/mol. The van der Waals surface area contributed by atoms with Crippen molar-refractivity contribution in [1.29, 1.82) is 5.26 Å². The Hall–Kier alpha value is -3.07. The van der Waals surface area contributed by atoms with E-state index < -0.39 is 0 Å². The van der Waals surface area contributed by atoms with Gasteiger partial charge in [-0.2, -0.15) is 5.26 Å². The van der Waals surface area contributed by atoms with E-state index in [9.17, 15) is 4.79 Å². The Morgan fingerprint density at radius 3 is 3.04 bits per heavy atom. The zero-order valence-electron chi connectivity index (χ0n) is 14.0. The van der Waals surface area contributed by atoms with Gasteiger partial charge in [0.1, 0.15) is 11.9 Å². The smallest absolute Gasteiger partial charge is 0.254 e. The average Bonchev–Trinajstić information content (AvgIpc) is 2.68. The third-order valence-corrected chi connectivity index (χ3v) is 4.13. The first-order valence-corrected chi connectivity index (χ1v) is 8.16. The molecule has 0 spiro atoms. The van der Waals surface area contributed by atoms with Gasteiger partial charge < -0.3 is 14.4 Å². The monoisotopic (exact) mass is 337 g/mol. The fourth-order valence-corrected chi connectivity index (χ4v) is 2.87. The standard InChI is InChI=1S/C19H19N3O3/c1-24-16-5-2-4-15(11-16)19(23)22-9-3-6-17(13-22)25-18-10-14(12-20)7-8-21-18/h2,4-5,7-8,10-11,17H,3,6,9,13H2,1H3/t17-/m1/s1. The lowest BCUT2D eigenvalue weighted by Crippen LogP contribution is -2.44. The van der Waals surface area contributed by atoms with E-state index in [4.69, 9.17) is 14.7 Å². The number of pyridine rings is 1. The number of carbonyl (C=O) groups is 1. The summed E-state index contributed by atoms with van der Waals surface area (Å²) < 4.78 is 11.1. The zero-order chi connectivity index (χ0) is 17.6. The normalized spacial score (nSPS) is 16.8. The van der Waals surface area contributed by atoms with Crippen LogP contribution in [-0.2, 0) is 0 Å². The van der Waals surface area contributed by atoms with Crippen molar-refractivity contribution in [1.82, 2.24) is 9.88 Å². The molecule has 1 aliphatic rings. The van der Waals surface area contributed by atoms with Crippen LogP contribution in [0.2, 0.25) is 0 Å². The molecule has 2 heterocycles. The van der Waals surface area contributed by atoms with Gasteiger partial charge in [-0.25, -0.2) is 4.98 Å². The number of amides is 1. The SMILES string of the molecule is COc1cccc(C(=O)N2CCC[C@@H](Oc3cc(C#N)ccn3)C2)c1. The maximum atomic E-state index is 12.7. The first kappa shape index (κ1) is 16.8. The number of benzene rings is 1. The molecule has 3 rings (SSSR count). The summed E-state index contributed by atoms with van der Waals surface area (Å²) in [4.78, 5) is 18.7. The molecular weight excluding hydrogens is 318 g/mol. The van der Waals surface area contributed by atoms with E-state index in [0.29, 0.717) is 35.8 Å². The number of methoxy groups -OCH3 is 1. The van der Waals surface area contributed by atoms with Crippen molar-refractivity contribution in [2.45, 2.75) is 18.9 Å². The summed E-state index contributed by atoms with van der Waals surface area (Å²) in [5.74, 6) is 1.04. The number of hydrogen-bond acceptors (Lipinski definition) is 5. The van der Waals surface area contributed by atoms with E-state index in [0.717, 1.165) is 12.8 Å². The van der Waals surface area contributed by atoms with Gasteiger partial charge >= 0.3 is 0 Å². The van der Waals surface area contributed by atoms with Gasteiger partial charge in [0.05, 0.1) is 25.3 Å². The van der Waals surface area contributed by atoms with Gasteiger partial charge in [-0.1, -0.05) is 6.07 Å². The molecule has 6 heteroatoms. The molecule has 2 aromatic rings. The van der Waals surface area contributed by atoms with E-state index >= 15 is 0 Å². The van der Waals surface area contributed by atoms with Crippen molar-refractivity contribution in [3.05, 3.63) is 53.7 Å². The van der Waals surface area contributed by atoms with Crippen molar-refractivity contribution in [3.63, 3.8) is 0 Å². The van der Waals surface area contributed by atoms with Crippen LogP contribution in [0.3, 0.4) is 0 Å². The van der Waals surface area contributed by atoms with Gasteiger partial charge in [-0.15, -0.1) is 0 Å². The van der Waals surface area contributed by atoms with Crippen LogP contribution < -0.4 is 9.47 Å². The summed E-state index contributed by atoms with van der Waals surface area (Å²) >= 11 is 0. The molecule has 1 aromatic heterocycles. The van der Waals surface area contributed by atoms with Gasteiger partial charge in [0.2, 0.25) is 5.88 Å². The Labute approximate surface area is 146 Å². The Bertz CT molecular complexity index is 800. The summed E-state index contributed by atoms with van der Waals surface area (Å²) in [7, 11) is 1.58. The minimum atomic E-state index is -0.134. The van der Waals surface area contributed by atoms with Gasteiger partial charge in [-0.3, -0.25) is 4.79 Å². The number of likely N-dealkylation sites (tertiary alicyclic amines) is 1. The summed E-state index contributed by atoms with van der Waals surface area (Å²) in [6.45, 7) is 1.19. The molecule has 0 bridgehead atoms. The minimum absolute atomic E-state index is 0.0362. The highest BCUT2D eigenvalue weighted by Gasteiger charge is 2.26. The second-order valence-corrected chi connectivity index (χ2v) is 5.86. The largest absolute Gasteiger partial charge is 0.497 e. The molecule has 0 saturated carbocycles. The molecule has 0 radical (unpaired) electrons. The number of ether oxygens (including phenoxy) is 2. The summed E-state index contributed by atoms with van der Waals surface area (Å²) in [6, 6.07) is 12.5. The Kier molecular flexibility index (Phi) is 5.14. The van der Waals surface area contributed by atoms with E-state index in [1.165, 1.54) is 0 Å². The van der Waals surface area contributed by atoms with Crippen LogP contribution in [0.5, 0.6) is 11.6 Å². The van der Waals surface area contributed by atoms with Crippen LogP contribution in [0.1, 0.15) is 28.8 Å². The summed E-state index contributed by atoms with van der Waals surface area (Å²) in [5.41, 5.74) is 1.11. The quantitative estimate of drug-likeness (QED) is 0.857. The third-order valence-electron chi connectivity index (χ3n) is 4.13. The number of carbonyl (C=O) groups excluding carboxylic acids is 1. The van der Waals surface area contributed by atoms with Crippen molar-refractivity contribution >= 4 is 5.91 Å². The van der Waals surface area contributed by atoms with Crippen LogP contribution in [0, 0.1) is 11.3 Å². The summed E-state index contributed by atoms with van der Waals surface area (Å²) in [6.07, 6.45) is 3.12. The van der Waals surface area contributed by atoms with E-state index in [-0.39, 0.29) is 12.0 Å². The molecule has 6 nitrogen and oxygen atoms in total. The first-order chi connectivity index (χ1) is 12.2. The Morgan fingerprint density at radius 1 is 1.36 bits per heavy atom. The van der Waals surface area contributed by atoms with E-state index in [1.54, 1.807) is 48.5 Å². The lowest BCUT2D eigenvalue weighted by atomic mass is 10.1. The second-order valence-electron chi connectivity index (χ2n) is 5.86. The van der Waals surface area contributed by atoms with Crippen LogP contribution in [0.4, 0.5) is 0 Å². The predicted molar refractivity (Wildman–Crippen MR) is 91.5 cm³/mol.